The fourth-order valence-electron chi connectivity index (χ4n) is 2.69. The molecule has 0 spiro atoms. The number of hydrogen-bond acceptors (Lipinski definition) is 3. The Bertz CT molecular complexity index is 727. The Hall–Kier alpha value is -2.82. The maximum absolute atomic E-state index is 11.9. The second-order valence-electron chi connectivity index (χ2n) is 6.22. The van der Waals surface area contributed by atoms with Crippen LogP contribution in [0, 0.1) is 5.92 Å². The van der Waals surface area contributed by atoms with Crippen LogP contribution in [0.25, 0.3) is 0 Å². The van der Waals surface area contributed by atoms with Gasteiger partial charge < -0.3 is 4.74 Å². The molecule has 0 unspecified atom stereocenters. The third-order valence-corrected chi connectivity index (χ3v) is 4.37. The summed E-state index contributed by atoms with van der Waals surface area (Å²) in [5.74, 6) is 0.214. The minimum absolute atomic E-state index is 0.0350. The first-order valence-electron chi connectivity index (χ1n) is 8.55. The smallest absolute Gasteiger partial charge is 0.276 e. The molecule has 0 bridgehead atoms. The Kier molecular flexibility index (Phi) is 5.67. The SMILES string of the molecule is O=C(COc1ccccc1Cc1ccccc1)NNC(=O)C1CCC1. The van der Waals surface area contributed by atoms with Crippen LogP contribution in [0.5, 0.6) is 5.75 Å². The zero-order chi connectivity index (χ0) is 17.5. The van der Waals surface area contributed by atoms with E-state index in [0.29, 0.717) is 5.75 Å². The van der Waals surface area contributed by atoms with Crippen molar-refractivity contribution in [1.29, 1.82) is 0 Å². The number of amides is 2. The van der Waals surface area contributed by atoms with E-state index >= 15 is 0 Å². The standard InChI is InChI=1S/C20H22N2O3/c23-19(21-22-20(24)16-10-6-11-16)14-25-18-12-5-4-9-17(18)13-15-7-2-1-3-8-15/h1-5,7-9,12,16H,6,10-11,13-14H2,(H,21,23)(H,22,24). The summed E-state index contributed by atoms with van der Waals surface area (Å²) >= 11 is 0. The van der Waals surface area contributed by atoms with Gasteiger partial charge in [0, 0.05) is 12.3 Å². The molecule has 130 valence electrons. The van der Waals surface area contributed by atoms with Gasteiger partial charge in [0.05, 0.1) is 0 Å². The summed E-state index contributed by atoms with van der Waals surface area (Å²) in [6, 6.07) is 17.7. The quantitative estimate of drug-likeness (QED) is 0.796. The van der Waals surface area contributed by atoms with Crippen molar-refractivity contribution < 1.29 is 14.3 Å². The van der Waals surface area contributed by atoms with E-state index in [1.54, 1.807) is 0 Å². The number of hydrogen-bond donors (Lipinski definition) is 2. The lowest BCUT2D eigenvalue weighted by Gasteiger charge is -2.24. The van der Waals surface area contributed by atoms with E-state index in [1.165, 1.54) is 5.56 Å². The highest BCUT2D eigenvalue weighted by Gasteiger charge is 2.25. The van der Waals surface area contributed by atoms with E-state index in [9.17, 15) is 9.59 Å². The van der Waals surface area contributed by atoms with Crippen LogP contribution in [-0.4, -0.2) is 18.4 Å². The normalized spacial score (nSPS) is 13.6. The molecule has 2 aromatic rings. The summed E-state index contributed by atoms with van der Waals surface area (Å²) in [6.07, 6.45) is 3.60. The summed E-state index contributed by atoms with van der Waals surface area (Å²) in [5.41, 5.74) is 7.05. The van der Waals surface area contributed by atoms with Crippen molar-refractivity contribution in [1.82, 2.24) is 10.9 Å². The van der Waals surface area contributed by atoms with Gasteiger partial charge in [-0.05, 0) is 30.0 Å². The van der Waals surface area contributed by atoms with E-state index < -0.39 is 0 Å². The molecule has 2 amide bonds. The van der Waals surface area contributed by atoms with Gasteiger partial charge in [-0.2, -0.15) is 0 Å². The van der Waals surface area contributed by atoms with E-state index in [0.717, 1.165) is 31.2 Å². The van der Waals surface area contributed by atoms with Crippen LogP contribution < -0.4 is 15.6 Å². The Morgan fingerprint density at radius 1 is 0.960 bits per heavy atom. The molecule has 1 aliphatic rings. The average molecular weight is 338 g/mol. The summed E-state index contributed by atoms with van der Waals surface area (Å²) in [7, 11) is 0. The van der Waals surface area contributed by atoms with Gasteiger partial charge >= 0.3 is 0 Å². The molecule has 0 radical (unpaired) electrons. The van der Waals surface area contributed by atoms with Gasteiger partial charge in [0.15, 0.2) is 6.61 Å². The van der Waals surface area contributed by atoms with Gasteiger partial charge in [0.25, 0.3) is 5.91 Å². The summed E-state index contributed by atoms with van der Waals surface area (Å²) in [4.78, 5) is 23.6. The molecule has 0 atom stereocenters. The molecule has 1 aliphatic carbocycles. The van der Waals surface area contributed by atoms with Crippen LogP contribution in [0.4, 0.5) is 0 Å². The first-order valence-corrected chi connectivity index (χ1v) is 8.55. The molecular weight excluding hydrogens is 316 g/mol. The second-order valence-corrected chi connectivity index (χ2v) is 6.22. The van der Waals surface area contributed by atoms with Crippen LogP contribution in [0.15, 0.2) is 54.6 Å². The van der Waals surface area contributed by atoms with Crippen molar-refractivity contribution >= 4 is 11.8 Å². The predicted octanol–water partition coefficient (Wildman–Crippen LogP) is 2.60. The first kappa shape index (κ1) is 17.0. The minimum Gasteiger partial charge on any atom is -0.483 e. The van der Waals surface area contributed by atoms with Crippen molar-refractivity contribution in [3.05, 3.63) is 65.7 Å². The molecule has 2 aromatic carbocycles. The fourth-order valence-corrected chi connectivity index (χ4v) is 2.69. The first-order chi connectivity index (χ1) is 12.2. The number of para-hydroxylation sites is 1. The molecule has 1 fully saturated rings. The Morgan fingerprint density at radius 2 is 1.68 bits per heavy atom. The molecule has 25 heavy (non-hydrogen) atoms. The molecule has 0 heterocycles. The minimum atomic E-state index is -0.373. The number of ether oxygens (including phenoxy) is 1. The van der Waals surface area contributed by atoms with Gasteiger partial charge in [-0.3, -0.25) is 20.4 Å². The molecule has 0 aromatic heterocycles. The van der Waals surface area contributed by atoms with Gasteiger partial charge in [-0.15, -0.1) is 0 Å². The van der Waals surface area contributed by atoms with Crippen LogP contribution in [0.2, 0.25) is 0 Å². The topological polar surface area (TPSA) is 67.4 Å². The number of benzene rings is 2. The Morgan fingerprint density at radius 3 is 2.40 bits per heavy atom. The summed E-state index contributed by atoms with van der Waals surface area (Å²) in [5, 5.41) is 0. The summed E-state index contributed by atoms with van der Waals surface area (Å²) in [6.45, 7) is -0.142. The third-order valence-electron chi connectivity index (χ3n) is 4.37. The number of rotatable bonds is 6. The van der Waals surface area contributed by atoms with Crippen molar-refractivity contribution in [3.8, 4) is 5.75 Å². The number of carbonyl (C=O) groups excluding carboxylic acids is 2. The monoisotopic (exact) mass is 338 g/mol. The Labute approximate surface area is 147 Å². The van der Waals surface area contributed by atoms with E-state index in [4.69, 9.17) is 4.74 Å². The van der Waals surface area contributed by atoms with E-state index in [1.807, 2.05) is 42.5 Å². The molecule has 5 nitrogen and oxygen atoms in total. The lowest BCUT2D eigenvalue weighted by atomic mass is 9.85. The lowest BCUT2D eigenvalue weighted by Crippen LogP contribution is -2.47. The Balaban J connectivity index is 1.50. The predicted molar refractivity (Wildman–Crippen MR) is 94.8 cm³/mol. The molecule has 0 saturated heterocycles. The largest absolute Gasteiger partial charge is 0.483 e. The highest BCUT2D eigenvalue weighted by atomic mass is 16.5. The van der Waals surface area contributed by atoms with Crippen LogP contribution >= 0.6 is 0 Å². The maximum atomic E-state index is 11.9. The van der Waals surface area contributed by atoms with Gasteiger partial charge in [0.1, 0.15) is 5.75 Å². The number of hydrazine groups is 1. The second kappa shape index (κ2) is 8.33. The van der Waals surface area contributed by atoms with Crippen molar-refractivity contribution in [2.24, 2.45) is 5.92 Å². The average Bonchev–Trinajstić information content (AvgIpc) is 2.58. The van der Waals surface area contributed by atoms with E-state index in [-0.39, 0.29) is 24.3 Å². The molecule has 5 heteroatoms. The molecule has 0 aliphatic heterocycles. The highest BCUT2D eigenvalue weighted by Crippen LogP contribution is 2.25. The maximum Gasteiger partial charge on any atom is 0.276 e. The van der Waals surface area contributed by atoms with Gasteiger partial charge in [0.2, 0.25) is 5.91 Å². The molecular formula is C20H22N2O3. The van der Waals surface area contributed by atoms with Crippen LogP contribution in [-0.2, 0) is 16.0 Å². The highest BCUT2D eigenvalue weighted by molar-refractivity contribution is 5.84. The zero-order valence-electron chi connectivity index (χ0n) is 14.0. The van der Waals surface area contributed by atoms with Crippen molar-refractivity contribution in [3.63, 3.8) is 0 Å². The van der Waals surface area contributed by atoms with Crippen LogP contribution in [0.1, 0.15) is 30.4 Å². The molecule has 2 N–H and O–H groups in total. The van der Waals surface area contributed by atoms with Crippen molar-refractivity contribution in [2.75, 3.05) is 6.61 Å². The van der Waals surface area contributed by atoms with Crippen LogP contribution in [0.3, 0.4) is 0 Å². The summed E-state index contributed by atoms with van der Waals surface area (Å²) < 4.78 is 5.64. The fraction of sp³-hybridized carbons (Fsp3) is 0.300. The molecule has 1 saturated carbocycles. The van der Waals surface area contributed by atoms with Crippen molar-refractivity contribution in [2.45, 2.75) is 25.7 Å². The van der Waals surface area contributed by atoms with E-state index in [2.05, 4.69) is 23.0 Å². The van der Waals surface area contributed by atoms with Gasteiger partial charge in [-0.1, -0.05) is 55.0 Å². The number of nitrogens with one attached hydrogen (secondary N) is 2. The third kappa shape index (κ3) is 4.83. The lowest BCUT2D eigenvalue weighted by molar-refractivity contribution is -0.133. The number of carbonyl (C=O) groups is 2. The van der Waals surface area contributed by atoms with Gasteiger partial charge in [-0.25, -0.2) is 0 Å². The zero-order valence-corrected chi connectivity index (χ0v) is 14.0. The molecule has 3 rings (SSSR count).